The summed E-state index contributed by atoms with van der Waals surface area (Å²) in [6.07, 6.45) is 6.98. The van der Waals surface area contributed by atoms with E-state index < -0.39 is 0 Å². The Labute approximate surface area is 133 Å². The van der Waals surface area contributed by atoms with Gasteiger partial charge in [-0.3, -0.25) is 9.69 Å². The van der Waals surface area contributed by atoms with E-state index in [1.165, 1.54) is 6.42 Å². The first-order valence-corrected chi connectivity index (χ1v) is 8.99. The fourth-order valence-electron chi connectivity index (χ4n) is 4.21. The number of piperidine rings is 1. The summed E-state index contributed by atoms with van der Waals surface area (Å²) in [6.45, 7) is 4.75. The molecule has 2 heterocycles. The Morgan fingerprint density at radius 1 is 1.14 bits per heavy atom. The number of amides is 1. The molecule has 5 nitrogen and oxygen atoms in total. The van der Waals surface area contributed by atoms with Gasteiger partial charge in [-0.15, -0.1) is 0 Å². The van der Waals surface area contributed by atoms with Crippen LogP contribution in [0.3, 0.4) is 0 Å². The van der Waals surface area contributed by atoms with Gasteiger partial charge in [-0.2, -0.15) is 0 Å². The molecule has 0 bridgehead atoms. The maximum Gasteiger partial charge on any atom is 0.249 e. The van der Waals surface area contributed by atoms with Gasteiger partial charge in [-0.05, 0) is 38.0 Å². The van der Waals surface area contributed by atoms with Gasteiger partial charge in [0.2, 0.25) is 5.91 Å². The van der Waals surface area contributed by atoms with E-state index >= 15 is 0 Å². The Morgan fingerprint density at radius 2 is 1.86 bits per heavy atom. The number of hydrogen-bond donors (Lipinski definition) is 2. The smallest absolute Gasteiger partial charge is 0.249 e. The minimum Gasteiger partial charge on any atom is -0.391 e. The minimum atomic E-state index is -0.252. The lowest BCUT2D eigenvalue weighted by Crippen LogP contribution is -2.53. The summed E-state index contributed by atoms with van der Waals surface area (Å²) in [7, 11) is 0. The third-order valence-electron chi connectivity index (χ3n) is 5.68. The van der Waals surface area contributed by atoms with Crippen molar-refractivity contribution in [1.29, 1.82) is 0 Å². The second-order valence-electron chi connectivity index (χ2n) is 7.30. The molecule has 0 spiro atoms. The van der Waals surface area contributed by atoms with Crippen LogP contribution in [0.4, 0.5) is 0 Å². The second-order valence-corrected chi connectivity index (χ2v) is 7.30. The van der Waals surface area contributed by atoms with Gasteiger partial charge in [0.25, 0.3) is 0 Å². The molecule has 4 unspecified atom stereocenters. The van der Waals surface area contributed by atoms with E-state index in [0.29, 0.717) is 18.6 Å². The predicted octanol–water partition coefficient (Wildman–Crippen LogP) is 1.30. The lowest BCUT2D eigenvalue weighted by Gasteiger charge is -2.41. The summed E-state index contributed by atoms with van der Waals surface area (Å²) in [5.74, 6) is 0.402. The zero-order valence-electron chi connectivity index (χ0n) is 13.7. The third-order valence-corrected chi connectivity index (χ3v) is 5.68. The molecule has 3 rings (SSSR count). The average Bonchev–Trinajstić information content (AvgIpc) is 2.95. The van der Waals surface area contributed by atoms with Crippen LogP contribution in [0.2, 0.25) is 0 Å². The summed E-state index contributed by atoms with van der Waals surface area (Å²) >= 11 is 0. The van der Waals surface area contributed by atoms with Crippen molar-refractivity contribution < 1.29 is 14.6 Å². The first-order valence-electron chi connectivity index (χ1n) is 8.99. The standard InChI is InChI=1S/C17H30N2O3/c1-12-8-11-22-16(12)17(21)18-13-6-9-19(10-7-13)14-4-2-3-5-15(14)20/h12-16,20H,2-11H2,1H3,(H,18,21). The Balaban J connectivity index is 1.44. The molecule has 4 atom stereocenters. The van der Waals surface area contributed by atoms with Crippen molar-refractivity contribution in [2.45, 2.75) is 76.2 Å². The van der Waals surface area contributed by atoms with Gasteiger partial charge < -0.3 is 15.2 Å². The number of carbonyl (C=O) groups is 1. The number of aliphatic hydroxyl groups is 1. The molecule has 1 aliphatic carbocycles. The molecule has 3 fully saturated rings. The van der Waals surface area contributed by atoms with E-state index in [1.807, 2.05) is 0 Å². The molecule has 5 heteroatoms. The molecule has 1 amide bonds. The number of likely N-dealkylation sites (tertiary alicyclic amines) is 1. The molecule has 0 aromatic rings. The molecule has 2 aliphatic heterocycles. The highest BCUT2D eigenvalue weighted by Gasteiger charge is 2.34. The van der Waals surface area contributed by atoms with E-state index in [1.54, 1.807) is 0 Å². The van der Waals surface area contributed by atoms with Crippen molar-refractivity contribution in [3.8, 4) is 0 Å². The normalized spacial score (nSPS) is 38.1. The van der Waals surface area contributed by atoms with Crippen LogP contribution in [0.1, 0.15) is 51.9 Å². The largest absolute Gasteiger partial charge is 0.391 e. The zero-order chi connectivity index (χ0) is 15.5. The van der Waals surface area contributed by atoms with Gasteiger partial charge >= 0.3 is 0 Å². The number of nitrogens with zero attached hydrogens (tertiary/aromatic N) is 1. The van der Waals surface area contributed by atoms with E-state index in [2.05, 4.69) is 17.1 Å². The Morgan fingerprint density at radius 3 is 2.50 bits per heavy atom. The summed E-state index contributed by atoms with van der Waals surface area (Å²) in [5, 5.41) is 13.4. The third kappa shape index (κ3) is 3.63. The summed E-state index contributed by atoms with van der Waals surface area (Å²) in [4.78, 5) is 14.7. The number of carbonyl (C=O) groups excluding carboxylic acids is 1. The maximum absolute atomic E-state index is 12.3. The Kier molecular flexibility index (Phi) is 5.37. The van der Waals surface area contributed by atoms with Crippen LogP contribution in [0, 0.1) is 5.92 Å². The highest BCUT2D eigenvalue weighted by Crippen LogP contribution is 2.26. The van der Waals surface area contributed by atoms with E-state index in [-0.39, 0.29) is 24.2 Å². The average molecular weight is 310 g/mol. The van der Waals surface area contributed by atoms with E-state index in [4.69, 9.17) is 4.74 Å². The molecule has 1 saturated carbocycles. The van der Waals surface area contributed by atoms with Gasteiger partial charge in [0, 0.05) is 31.8 Å². The topological polar surface area (TPSA) is 61.8 Å². The quantitative estimate of drug-likeness (QED) is 0.825. The molecule has 0 aromatic carbocycles. The SMILES string of the molecule is CC1CCOC1C(=O)NC1CCN(C2CCCCC2O)CC1. The molecular weight excluding hydrogens is 280 g/mol. The molecule has 2 N–H and O–H groups in total. The molecule has 2 saturated heterocycles. The van der Waals surface area contributed by atoms with Gasteiger partial charge in [0.15, 0.2) is 0 Å². The zero-order valence-corrected chi connectivity index (χ0v) is 13.7. The van der Waals surface area contributed by atoms with Crippen molar-refractivity contribution in [3.05, 3.63) is 0 Å². The Hall–Kier alpha value is -0.650. The molecular formula is C17H30N2O3. The van der Waals surface area contributed by atoms with Crippen LogP contribution in [0.5, 0.6) is 0 Å². The number of aliphatic hydroxyl groups excluding tert-OH is 1. The van der Waals surface area contributed by atoms with E-state index in [9.17, 15) is 9.90 Å². The van der Waals surface area contributed by atoms with E-state index in [0.717, 1.165) is 51.6 Å². The number of rotatable bonds is 3. The van der Waals surface area contributed by atoms with Gasteiger partial charge in [-0.25, -0.2) is 0 Å². The van der Waals surface area contributed by atoms with Crippen LogP contribution in [-0.4, -0.2) is 59.9 Å². The monoisotopic (exact) mass is 310 g/mol. The first kappa shape index (κ1) is 16.2. The van der Waals surface area contributed by atoms with Gasteiger partial charge in [-0.1, -0.05) is 19.8 Å². The van der Waals surface area contributed by atoms with Gasteiger partial charge in [0.1, 0.15) is 6.10 Å². The molecule has 22 heavy (non-hydrogen) atoms. The van der Waals surface area contributed by atoms with Crippen molar-refractivity contribution in [2.75, 3.05) is 19.7 Å². The highest BCUT2D eigenvalue weighted by atomic mass is 16.5. The summed E-state index contributed by atoms with van der Waals surface area (Å²) < 4.78 is 5.54. The predicted molar refractivity (Wildman–Crippen MR) is 84.5 cm³/mol. The lowest BCUT2D eigenvalue weighted by molar-refractivity contribution is -0.132. The molecule has 0 radical (unpaired) electrons. The van der Waals surface area contributed by atoms with Crippen LogP contribution in [0.25, 0.3) is 0 Å². The summed E-state index contributed by atoms with van der Waals surface area (Å²) in [6, 6.07) is 0.601. The maximum atomic E-state index is 12.3. The van der Waals surface area contributed by atoms with Crippen LogP contribution < -0.4 is 5.32 Å². The lowest BCUT2D eigenvalue weighted by atomic mass is 9.89. The number of nitrogens with one attached hydrogen (secondary N) is 1. The minimum absolute atomic E-state index is 0.0705. The van der Waals surface area contributed by atoms with Crippen molar-refractivity contribution in [2.24, 2.45) is 5.92 Å². The fourth-order valence-corrected chi connectivity index (χ4v) is 4.21. The molecule has 3 aliphatic rings. The number of hydrogen-bond acceptors (Lipinski definition) is 4. The highest BCUT2D eigenvalue weighted by molar-refractivity contribution is 5.81. The van der Waals surface area contributed by atoms with Crippen LogP contribution >= 0.6 is 0 Å². The molecule has 126 valence electrons. The second kappa shape index (κ2) is 7.28. The van der Waals surface area contributed by atoms with Gasteiger partial charge in [0.05, 0.1) is 6.10 Å². The van der Waals surface area contributed by atoms with Crippen LogP contribution in [0.15, 0.2) is 0 Å². The summed E-state index contributed by atoms with van der Waals surface area (Å²) in [5.41, 5.74) is 0. The molecule has 0 aromatic heterocycles. The number of ether oxygens (including phenoxy) is 1. The first-order chi connectivity index (χ1) is 10.6. The van der Waals surface area contributed by atoms with Crippen molar-refractivity contribution >= 4 is 5.91 Å². The van der Waals surface area contributed by atoms with Crippen LogP contribution in [-0.2, 0) is 9.53 Å². The van der Waals surface area contributed by atoms with Crippen molar-refractivity contribution in [3.63, 3.8) is 0 Å². The Bertz CT molecular complexity index is 382. The fraction of sp³-hybridized carbons (Fsp3) is 0.941. The van der Waals surface area contributed by atoms with Crippen molar-refractivity contribution in [1.82, 2.24) is 10.2 Å².